The summed E-state index contributed by atoms with van der Waals surface area (Å²) in [5.41, 5.74) is 2.69. The molecule has 1 aromatic heterocycles. The largest absolute Gasteiger partial charge is 0.340 e. The lowest BCUT2D eigenvalue weighted by Gasteiger charge is -2.17. The van der Waals surface area contributed by atoms with Crippen molar-refractivity contribution in [3.05, 3.63) is 45.3 Å². The van der Waals surface area contributed by atoms with Gasteiger partial charge in [0.25, 0.3) is 0 Å². The second-order valence-electron chi connectivity index (χ2n) is 6.35. The van der Waals surface area contributed by atoms with Crippen LogP contribution in [0.1, 0.15) is 39.5 Å². The Balaban J connectivity index is 2.13. The molecule has 0 spiro atoms. The average Bonchev–Trinajstić information content (AvgIpc) is 2.84. The smallest absolute Gasteiger partial charge is 0.0492 e. The molecule has 2 aromatic carbocycles. The zero-order valence-electron chi connectivity index (χ0n) is 13.8. The Labute approximate surface area is 155 Å². The van der Waals surface area contributed by atoms with Crippen molar-refractivity contribution < 1.29 is 0 Å². The topological polar surface area (TPSA) is 4.93 Å². The molecule has 0 amide bonds. The Hall–Kier alpha value is -0.800. The minimum Gasteiger partial charge on any atom is -0.340 e. The van der Waals surface area contributed by atoms with E-state index in [1.54, 1.807) is 0 Å². The lowest BCUT2D eigenvalue weighted by Crippen LogP contribution is -2.10. The van der Waals surface area contributed by atoms with Crippen LogP contribution in [0.5, 0.6) is 0 Å². The molecule has 0 radical (unpaired) electrons. The van der Waals surface area contributed by atoms with Crippen LogP contribution in [0.3, 0.4) is 0 Å². The Morgan fingerprint density at radius 1 is 0.913 bits per heavy atom. The van der Waals surface area contributed by atoms with Crippen molar-refractivity contribution in [1.29, 1.82) is 0 Å². The van der Waals surface area contributed by atoms with Gasteiger partial charge in [0.05, 0.1) is 0 Å². The van der Waals surface area contributed by atoms with Crippen LogP contribution in [-0.4, -0.2) is 4.57 Å². The van der Waals surface area contributed by atoms with Crippen LogP contribution in [0.4, 0.5) is 0 Å². The van der Waals surface area contributed by atoms with Gasteiger partial charge in [-0.3, -0.25) is 0 Å². The lowest BCUT2D eigenvalue weighted by molar-refractivity contribution is 0.401. The summed E-state index contributed by atoms with van der Waals surface area (Å²) in [6, 6.07) is 13.3. The highest BCUT2D eigenvalue weighted by atomic mass is 79.9. The molecular formula is C20H23Br2N. The average molecular weight is 437 g/mol. The summed E-state index contributed by atoms with van der Waals surface area (Å²) in [7, 11) is 0. The second-order valence-corrected chi connectivity index (χ2v) is 8.18. The maximum Gasteiger partial charge on any atom is 0.0492 e. The number of hydrogen-bond donors (Lipinski definition) is 0. The van der Waals surface area contributed by atoms with Gasteiger partial charge >= 0.3 is 0 Å². The van der Waals surface area contributed by atoms with E-state index in [9.17, 15) is 0 Å². The Bertz CT molecular complexity index is 760. The number of benzene rings is 2. The van der Waals surface area contributed by atoms with Gasteiger partial charge in [0.15, 0.2) is 0 Å². The summed E-state index contributed by atoms with van der Waals surface area (Å²) in [5.74, 6) is 0.751. The summed E-state index contributed by atoms with van der Waals surface area (Å²) in [6.45, 7) is 5.71. The highest BCUT2D eigenvalue weighted by molar-refractivity contribution is 9.10. The minimum atomic E-state index is 0.751. The van der Waals surface area contributed by atoms with Crippen molar-refractivity contribution in [1.82, 2.24) is 4.57 Å². The molecule has 0 fully saturated rings. The van der Waals surface area contributed by atoms with Crippen LogP contribution in [0.15, 0.2) is 45.3 Å². The van der Waals surface area contributed by atoms with E-state index in [1.165, 1.54) is 47.5 Å². The number of unbranched alkanes of at least 4 members (excludes halogenated alkanes) is 1. The predicted octanol–water partition coefficient (Wildman–Crippen LogP) is 7.54. The lowest BCUT2D eigenvalue weighted by atomic mass is 9.99. The van der Waals surface area contributed by atoms with Crippen molar-refractivity contribution in [2.45, 2.75) is 46.1 Å². The molecule has 3 aromatic rings. The number of halogens is 2. The number of aromatic nitrogens is 1. The van der Waals surface area contributed by atoms with Gasteiger partial charge in [0.2, 0.25) is 0 Å². The maximum atomic E-state index is 3.62. The molecule has 0 unspecified atom stereocenters. The van der Waals surface area contributed by atoms with Gasteiger partial charge in [0, 0.05) is 37.3 Å². The molecule has 1 heterocycles. The van der Waals surface area contributed by atoms with Gasteiger partial charge in [-0.1, -0.05) is 65.0 Å². The Kier molecular flexibility index (Phi) is 5.48. The van der Waals surface area contributed by atoms with Gasteiger partial charge in [-0.05, 0) is 48.7 Å². The van der Waals surface area contributed by atoms with E-state index in [-0.39, 0.29) is 0 Å². The van der Waals surface area contributed by atoms with E-state index in [2.05, 4.69) is 86.7 Å². The fourth-order valence-corrected chi connectivity index (χ4v) is 4.14. The molecule has 1 atom stereocenters. The van der Waals surface area contributed by atoms with E-state index < -0.39 is 0 Å². The summed E-state index contributed by atoms with van der Waals surface area (Å²) in [4.78, 5) is 0. The fraction of sp³-hybridized carbons (Fsp3) is 0.400. The molecule has 1 nitrogen and oxygen atoms in total. The molecule has 0 aliphatic heterocycles. The second kappa shape index (κ2) is 7.40. The Morgan fingerprint density at radius 2 is 1.48 bits per heavy atom. The fourth-order valence-electron chi connectivity index (χ4n) is 3.42. The minimum absolute atomic E-state index is 0.751. The van der Waals surface area contributed by atoms with Crippen LogP contribution in [-0.2, 0) is 6.54 Å². The summed E-state index contributed by atoms with van der Waals surface area (Å²) >= 11 is 7.25. The summed E-state index contributed by atoms with van der Waals surface area (Å²) < 4.78 is 4.80. The first-order valence-corrected chi connectivity index (χ1v) is 10.1. The third-order valence-electron chi connectivity index (χ3n) is 4.77. The first-order valence-electron chi connectivity index (χ1n) is 8.51. The van der Waals surface area contributed by atoms with Gasteiger partial charge in [-0.25, -0.2) is 0 Å². The van der Waals surface area contributed by atoms with Crippen molar-refractivity contribution >= 4 is 53.7 Å². The number of rotatable bonds is 6. The maximum absolute atomic E-state index is 3.62. The quantitative estimate of drug-likeness (QED) is 0.376. The van der Waals surface area contributed by atoms with Crippen LogP contribution < -0.4 is 0 Å². The molecule has 0 saturated carbocycles. The monoisotopic (exact) mass is 435 g/mol. The van der Waals surface area contributed by atoms with Crippen molar-refractivity contribution in [2.75, 3.05) is 0 Å². The van der Waals surface area contributed by atoms with E-state index in [1.807, 2.05) is 0 Å². The standard InChI is InChI=1S/C20H23Br2N/c1-3-5-6-14(4-2)13-23-19-9-7-15(21)11-17(19)18-12-16(22)8-10-20(18)23/h7-12,14H,3-6,13H2,1-2H3/t14-/m0/s1. The zero-order chi connectivity index (χ0) is 16.4. The molecular weight excluding hydrogens is 414 g/mol. The van der Waals surface area contributed by atoms with E-state index in [0.717, 1.165) is 21.4 Å². The molecule has 0 saturated heterocycles. The predicted molar refractivity (Wildman–Crippen MR) is 108 cm³/mol. The van der Waals surface area contributed by atoms with Crippen molar-refractivity contribution in [3.63, 3.8) is 0 Å². The highest BCUT2D eigenvalue weighted by Gasteiger charge is 2.14. The molecule has 23 heavy (non-hydrogen) atoms. The third-order valence-corrected chi connectivity index (χ3v) is 5.76. The SMILES string of the molecule is CCCC[C@H](CC)Cn1c2ccc(Br)cc2c2cc(Br)ccc21. The molecule has 3 heteroatoms. The van der Waals surface area contributed by atoms with Gasteiger partial charge in [-0.2, -0.15) is 0 Å². The van der Waals surface area contributed by atoms with Gasteiger partial charge in [-0.15, -0.1) is 0 Å². The van der Waals surface area contributed by atoms with Gasteiger partial charge in [0.1, 0.15) is 0 Å². The molecule has 122 valence electrons. The molecule has 0 N–H and O–H groups in total. The van der Waals surface area contributed by atoms with E-state index in [0.29, 0.717) is 0 Å². The summed E-state index contributed by atoms with van der Waals surface area (Å²) in [5, 5.41) is 2.67. The van der Waals surface area contributed by atoms with Crippen molar-refractivity contribution in [3.8, 4) is 0 Å². The normalized spacial score (nSPS) is 13.0. The third kappa shape index (κ3) is 3.51. The molecule has 0 aliphatic rings. The van der Waals surface area contributed by atoms with Crippen LogP contribution in [0.25, 0.3) is 21.8 Å². The first kappa shape index (κ1) is 17.0. The summed E-state index contributed by atoms with van der Waals surface area (Å²) in [6.07, 6.45) is 5.17. The number of hydrogen-bond acceptors (Lipinski definition) is 0. The molecule has 0 bridgehead atoms. The van der Waals surface area contributed by atoms with Crippen LogP contribution in [0.2, 0.25) is 0 Å². The van der Waals surface area contributed by atoms with E-state index >= 15 is 0 Å². The number of fused-ring (bicyclic) bond motifs is 3. The first-order chi connectivity index (χ1) is 11.1. The molecule has 3 rings (SSSR count). The van der Waals surface area contributed by atoms with Crippen molar-refractivity contribution in [2.24, 2.45) is 5.92 Å². The van der Waals surface area contributed by atoms with E-state index in [4.69, 9.17) is 0 Å². The van der Waals surface area contributed by atoms with Crippen LogP contribution in [0, 0.1) is 5.92 Å². The highest BCUT2D eigenvalue weighted by Crippen LogP contribution is 2.34. The van der Waals surface area contributed by atoms with Crippen LogP contribution >= 0.6 is 31.9 Å². The van der Waals surface area contributed by atoms with Gasteiger partial charge < -0.3 is 4.57 Å². The number of nitrogens with zero attached hydrogens (tertiary/aromatic N) is 1. The zero-order valence-corrected chi connectivity index (χ0v) is 17.0. The Morgan fingerprint density at radius 3 is 1.96 bits per heavy atom. The molecule has 0 aliphatic carbocycles.